The van der Waals surface area contributed by atoms with E-state index in [4.69, 9.17) is 4.74 Å². The van der Waals surface area contributed by atoms with E-state index in [1.165, 1.54) is 36.6 Å². The summed E-state index contributed by atoms with van der Waals surface area (Å²) in [5, 5.41) is 0.0382. The minimum absolute atomic E-state index is 0.0444. The number of sulfonamides is 1. The van der Waals surface area contributed by atoms with Gasteiger partial charge in [0.25, 0.3) is 0 Å². The van der Waals surface area contributed by atoms with Gasteiger partial charge in [-0.3, -0.25) is 9.52 Å². The zero-order chi connectivity index (χ0) is 23.9. The normalized spacial score (nSPS) is 11.8. The Hall–Kier alpha value is -3.73. The zero-order valence-electron chi connectivity index (χ0n) is 18.4. The van der Waals surface area contributed by atoms with Crippen molar-refractivity contribution < 1.29 is 17.5 Å². The fourth-order valence-corrected chi connectivity index (χ4v) is 3.83. The molecule has 9 nitrogen and oxygen atoms in total. The molecule has 0 aliphatic rings. The van der Waals surface area contributed by atoms with E-state index in [0.717, 1.165) is 5.39 Å². The summed E-state index contributed by atoms with van der Waals surface area (Å²) in [7, 11) is -0.394. The van der Waals surface area contributed by atoms with Crippen LogP contribution in [0.15, 0.2) is 53.6 Å². The number of hydrogen-bond acceptors (Lipinski definition) is 6. The molecular formula is C22H22FN5O4S. The minimum atomic E-state index is -3.72. The number of nitrogens with one attached hydrogen (secondary N) is 1. The first kappa shape index (κ1) is 22.5. The number of nitrogens with zero attached hydrogens (tertiary/aromatic N) is 4. The van der Waals surface area contributed by atoms with Crippen molar-refractivity contribution in [3.05, 3.63) is 65.0 Å². The smallest absolute Gasteiger partial charge is 0.324 e. The average Bonchev–Trinajstić information content (AvgIpc) is 3.12. The number of fused-ring (bicyclic) bond motifs is 1. The monoisotopic (exact) mass is 471 g/mol. The SMILES string of the molecule is CC(C)S(=O)(=O)Nc1cc(-c2ccc(=O)n(C)c2)nc(Oc2c(F)ccc3ccn(C)c23)n1. The van der Waals surface area contributed by atoms with Crippen molar-refractivity contribution in [1.29, 1.82) is 0 Å². The summed E-state index contributed by atoms with van der Waals surface area (Å²) >= 11 is 0. The molecule has 3 heterocycles. The Morgan fingerprint density at radius 2 is 1.82 bits per heavy atom. The molecule has 172 valence electrons. The molecule has 1 aromatic carbocycles. The van der Waals surface area contributed by atoms with Crippen molar-refractivity contribution in [2.75, 3.05) is 4.72 Å². The molecule has 0 bridgehead atoms. The number of pyridine rings is 1. The summed E-state index contributed by atoms with van der Waals surface area (Å²) in [5.74, 6) is -0.753. The van der Waals surface area contributed by atoms with Gasteiger partial charge in [0.05, 0.1) is 16.5 Å². The molecule has 4 rings (SSSR count). The van der Waals surface area contributed by atoms with Crippen LogP contribution in [0.3, 0.4) is 0 Å². The average molecular weight is 472 g/mol. The maximum absolute atomic E-state index is 14.7. The first-order valence-corrected chi connectivity index (χ1v) is 11.6. The summed E-state index contributed by atoms with van der Waals surface area (Å²) in [6, 6.07) is 8.79. The molecule has 0 atom stereocenters. The third-order valence-corrected chi connectivity index (χ3v) is 6.83. The van der Waals surface area contributed by atoms with E-state index in [2.05, 4.69) is 14.7 Å². The Balaban J connectivity index is 1.86. The minimum Gasteiger partial charge on any atom is -0.419 e. The molecule has 33 heavy (non-hydrogen) atoms. The van der Waals surface area contributed by atoms with Gasteiger partial charge in [-0.25, -0.2) is 12.8 Å². The molecule has 0 aliphatic carbocycles. The summed E-state index contributed by atoms with van der Waals surface area (Å²) in [5.41, 5.74) is 1.08. The summed E-state index contributed by atoms with van der Waals surface area (Å²) in [4.78, 5) is 20.3. The van der Waals surface area contributed by atoms with Crippen LogP contribution in [0.1, 0.15) is 13.8 Å². The molecule has 3 aromatic heterocycles. The fraction of sp³-hybridized carbons (Fsp3) is 0.227. The van der Waals surface area contributed by atoms with Gasteiger partial charge in [0.2, 0.25) is 15.6 Å². The van der Waals surface area contributed by atoms with Gasteiger partial charge in [-0.1, -0.05) is 0 Å². The third-order valence-electron chi connectivity index (χ3n) is 5.09. The Kier molecular flexibility index (Phi) is 5.66. The topological polar surface area (TPSA) is 108 Å². The number of hydrogen-bond donors (Lipinski definition) is 1. The van der Waals surface area contributed by atoms with Crippen molar-refractivity contribution in [2.45, 2.75) is 19.1 Å². The van der Waals surface area contributed by atoms with Crippen molar-refractivity contribution in [3.63, 3.8) is 0 Å². The predicted octanol–water partition coefficient (Wildman–Crippen LogP) is 3.42. The van der Waals surface area contributed by atoms with Gasteiger partial charge in [-0.05, 0) is 38.1 Å². The molecule has 0 spiro atoms. The molecule has 0 amide bonds. The lowest BCUT2D eigenvalue weighted by Crippen LogP contribution is -2.23. The van der Waals surface area contributed by atoms with Crippen LogP contribution in [-0.2, 0) is 24.1 Å². The Morgan fingerprint density at radius 1 is 1.06 bits per heavy atom. The zero-order valence-corrected chi connectivity index (χ0v) is 19.2. The molecule has 0 saturated heterocycles. The first-order chi connectivity index (χ1) is 15.5. The van der Waals surface area contributed by atoms with E-state index in [9.17, 15) is 17.6 Å². The standard InChI is InChI=1S/C22H22FN5O4S/c1-13(2)33(30,31)26-18-11-17(15-6-8-19(29)28(4)12-15)24-22(25-18)32-21-16(23)7-5-14-9-10-27(3)20(14)21/h5-13H,1-4H3,(H,24,25,26). The highest BCUT2D eigenvalue weighted by atomic mass is 32.2. The van der Waals surface area contributed by atoms with Gasteiger partial charge in [-0.15, -0.1) is 0 Å². The molecule has 0 fully saturated rings. The van der Waals surface area contributed by atoms with Crippen LogP contribution in [0.5, 0.6) is 11.8 Å². The fourth-order valence-electron chi connectivity index (χ4n) is 3.20. The molecular weight excluding hydrogens is 449 g/mol. The van der Waals surface area contributed by atoms with Crippen LogP contribution in [0, 0.1) is 5.82 Å². The van der Waals surface area contributed by atoms with E-state index >= 15 is 0 Å². The Morgan fingerprint density at radius 3 is 2.52 bits per heavy atom. The van der Waals surface area contributed by atoms with Crippen LogP contribution in [0.25, 0.3) is 22.2 Å². The number of aromatic nitrogens is 4. The molecule has 0 unspecified atom stereocenters. The molecule has 4 aromatic rings. The Labute approximate surface area is 189 Å². The van der Waals surface area contributed by atoms with Gasteiger partial charge < -0.3 is 13.9 Å². The van der Waals surface area contributed by atoms with Crippen molar-refractivity contribution >= 4 is 26.7 Å². The summed E-state index contributed by atoms with van der Waals surface area (Å²) in [6.45, 7) is 3.06. The van der Waals surface area contributed by atoms with E-state index in [0.29, 0.717) is 11.1 Å². The number of aryl methyl sites for hydroxylation is 2. The highest BCUT2D eigenvalue weighted by Crippen LogP contribution is 2.33. The van der Waals surface area contributed by atoms with Gasteiger partial charge in [0.1, 0.15) is 5.82 Å². The van der Waals surface area contributed by atoms with E-state index in [1.54, 1.807) is 43.2 Å². The summed E-state index contributed by atoms with van der Waals surface area (Å²) in [6.07, 6.45) is 3.31. The Bertz CT molecular complexity index is 1530. The largest absolute Gasteiger partial charge is 0.419 e. The predicted molar refractivity (Wildman–Crippen MR) is 123 cm³/mol. The number of halogens is 1. The van der Waals surface area contributed by atoms with Gasteiger partial charge >= 0.3 is 6.01 Å². The van der Waals surface area contributed by atoms with Gasteiger partial charge in [-0.2, -0.15) is 9.97 Å². The van der Waals surface area contributed by atoms with Crippen LogP contribution < -0.4 is 15.0 Å². The molecule has 0 saturated carbocycles. The lowest BCUT2D eigenvalue weighted by molar-refractivity contribution is 0.415. The van der Waals surface area contributed by atoms with Crippen LogP contribution >= 0.6 is 0 Å². The maximum Gasteiger partial charge on any atom is 0.324 e. The number of anilines is 1. The highest BCUT2D eigenvalue weighted by molar-refractivity contribution is 7.93. The second-order valence-electron chi connectivity index (χ2n) is 7.83. The molecule has 0 radical (unpaired) electrons. The second kappa shape index (κ2) is 8.32. The lowest BCUT2D eigenvalue weighted by atomic mass is 10.2. The van der Waals surface area contributed by atoms with E-state index in [-0.39, 0.29) is 28.8 Å². The first-order valence-electron chi connectivity index (χ1n) is 10.0. The summed E-state index contributed by atoms with van der Waals surface area (Å²) < 4.78 is 50.8. The van der Waals surface area contributed by atoms with E-state index in [1.807, 2.05) is 6.07 Å². The second-order valence-corrected chi connectivity index (χ2v) is 10.1. The van der Waals surface area contributed by atoms with Crippen LogP contribution in [0.2, 0.25) is 0 Å². The van der Waals surface area contributed by atoms with Gasteiger partial charge in [0.15, 0.2) is 11.6 Å². The number of ether oxygens (including phenoxy) is 1. The van der Waals surface area contributed by atoms with Crippen molar-refractivity contribution in [2.24, 2.45) is 14.1 Å². The van der Waals surface area contributed by atoms with Gasteiger partial charge in [0, 0.05) is 49.6 Å². The molecule has 11 heteroatoms. The van der Waals surface area contributed by atoms with Crippen LogP contribution in [-0.4, -0.2) is 32.8 Å². The van der Waals surface area contributed by atoms with Crippen molar-refractivity contribution in [3.8, 4) is 23.0 Å². The lowest BCUT2D eigenvalue weighted by Gasteiger charge is -2.14. The third kappa shape index (κ3) is 4.44. The quantitative estimate of drug-likeness (QED) is 0.462. The number of rotatable bonds is 6. The number of benzene rings is 1. The van der Waals surface area contributed by atoms with E-state index < -0.39 is 21.1 Å². The molecule has 0 aliphatic heterocycles. The van der Waals surface area contributed by atoms with Crippen LogP contribution in [0.4, 0.5) is 10.2 Å². The molecule has 1 N–H and O–H groups in total. The maximum atomic E-state index is 14.7. The highest BCUT2D eigenvalue weighted by Gasteiger charge is 2.20. The van der Waals surface area contributed by atoms with Crippen molar-refractivity contribution in [1.82, 2.24) is 19.1 Å².